The van der Waals surface area contributed by atoms with Crippen LogP contribution < -0.4 is 5.32 Å². The monoisotopic (exact) mass is 259 g/mol. The van der Waals surface area contributed by atoms with E-state index in [1.165, 1.54) is 27.1 Å². The summed E-state index contributed by atoms with van der Waals surface area (Å²) in [6.45, 7) is 9.65. The maximum absolute atomic E-state index is 3.58. The van der Waals surface area contributed by atoms with E-state index in [1.807, 2.05) is 11.3 Å². The van der Waals surface area contributed by atoms with Crippen LogP contribution in [0.3, 0.4) is 0 Å². The molecule has 0 spiro atoms. The topological polar surface area (TPSA) is 12.0 Å². The minimum Gasteiger partial charge on any atom is -0.307 e. The fraction of sp³-hybridized carbons (Fsp3) is 0.375. The van der Waals surface area contributed by atoms with Gasteiger partial charge in [0.15, 0.2) is 0 Å². The van der Waals surface area contributed by atoms with Gasteiger partial charge in [0, 0.05) is 4.88 Å². The molecule has 18 heavy (non-hydrogen) atoms. The molecule has 1 N–H and O–H groups in total. The molecule has 0 amide bonds. The van der Waals surface area contributed by atoms with Crippen molar-refractivity contribution in [1.29, 1.82) is 0 Å². The second-order valence-corrected chi connectivity index (χ2v) is 5.94. The van der Waals surface area contributed by atoms with Gasteiger partial charge in [-0.2, -0.15) is 0 Å². The van der Waals surface area contributed by atoms with Gasteiger partial charge in [-0.3, -0.25) is 0 Å². The maximum atomic E-state index is 3.58. The minimum atomic E-state index is 0.319. The van der Waals surface area contributed by atoms with Crippen molar-refractivity contribution in [3.63, 3.8) is 0 Å². The fourth-order valence-corrected chi connectivity index (χ4v) is 2.92. The Morgan fingerprint density at radius 1 is 1.06 bits per heavy atom. The van der Waals surface area contributed by atoms with Gasteiger partial charge in [0.05, 0.1) is 6.04 Å². The molecule has 1 atom stereocenters. The van der Waals surface area contributed by atoms with Crippen LogP contribution in [-0.4, -0.2) is 6.54 Å². The van der Waals surface area contributed by atoms with E-state index in [2.05, 4.69) is 62.7 Å². The largest absolute Gasteiger partial charge is 0.307 e. The average molecular weight is 259 g/mol. The molecule has 0 radical (unpaired) electrons. The lowest BCUT2D eigenvalue weighted by atomic mass is 9.97. The third kappa shape index (κ3) is 2.82. The van der Waals surface area contributed by atoms with E-state index in [0.29, 0.717) is 6.04 Å². The van der Waals surface area contributed by atoms with E-state index >= 15 is 0 Å². The van der Waals surface area contributed by atoms with Crippen LogP contribution in [0, 0.1) is 20.8 Å². The molecule has 2 rings (SSSR count). The van der Waals surface area contributed by atoms with Gasteiger partial charge in [-0.05, 0) is 61.0 Å². The van der Waals surface area contributed by atoms with Crippen molar-refractivity contribution in [2.75, 3.05) is 6.54 Å². The maximum Gasteiger partial charge on any atom is 0.0585 e. The third-order valence-electron chi connectivity index (χ3n) is 3.36. The highest BCUT2D eigenvalue weighted by Gasteiger charge is 2.14. The summed E-state index contributed by atoms with van der Waals surface area (Å²) in [5.74, 6) is 0. The lowest BCUT2D eigenvalue weighted by Gasteiger charge is -2.18. The molecule has 0 aliphatic heterocycles. The number of aryl methyl sites for hydroxylation is 3. The Hall–Kier alpha value is -1.12. The van der Waals surface area contributed by atoms with Crippen molar-refractivity contribution >= 4 is 11.3 Å². The van der Waals surface area contributed by atoms with Gasteiger partial charge in [-0.15, -0.1) is 11.3 Å². The minimum absolute atomic E-state index is 0.319. The molecular formula is C16H21NS. The van der Waals surface area contributed by atoms with Crippen LogP contribution >= 0.6 is 11.3 Å². The van der Waals surface area contributed by atoms with Gasteiger partial charge in [-0.25, -0.2) is 0 Å². The molecule has 1 unspecified atom stereocenters. The molecule has 0 bridgehead atoms. The zero-order valence-corrected chi connectivity index (χ0v) is 12.4. The van der Waals surface area contributed by atoms with E-state index in [0.717, 1.165) is 6.54 Å². The quantitative estimate of drug-likeness (QED) is 0.859. The van der Waals surface area contributed by atoms with Crippen LogP contribution in [0.2, 0.25) is 0 Å². The van der Waals surface area contributed by atoms with Crippen molar-refractivity contribution in [3.8, 4) is 0 Å². The Labute approximate surface area is 114 Å². The molecular weight excluding hydrogens is 238 g/mol. The summed E-state index contributed by atoms with van der Waals surface area (Å²) in [5, 5.41) is 5.84. The van der Waals surface area contributed by atoms with Crippen molar-refractivity contribution in [1.82, 2.24) is 5.32 Å². The first-order valence-corrected chi connectivity index (χ1v) is 7.35. The highest BCUT2D eigenvalue weighted by Crippen LogP contribution is 2.27. The Morgan fingerprint density at radius 3 is 2.39 bits per heavy atom. The summed E-state index contributed by atoms with van der Waals surface area (Å²) in [6, 6.07) is 9.36. The van der Waals surface area contributed by atoms with Crippen molar-refractivity contribution < 1.29 is 0 Å². The van der Waals surface area contributed by atoms with E-state index in [1.54, 1.807) is 0 Å². The first kappa shape index (κ1) is 13.3. The molecule has 1 nitrogen and oxygen atoms in total. The smallest absolute Gasteiger partial charge is 0.0585 e. The Balaban J connectivity index is 2.37. The highest BCUT2D eigenvalue weighted by atomic mass is 32.1. The number of rotatable bonds is 4. The molecule has 0 aliphatic carbocycles. The van der Waals surface area contributed by atoms with Crippen LogP contribution in [0.25, 0.3) is 0 Å². The molecule has 0 fully saturated rings. The number of nitrogens with one attached hydrogen (secondary N) is 1. The van der Waals surface area contributed by atoms with Gasteiger partial charge < -0.3 is 5.32 Å². The number of hydrogen-bond acceptors (Lipinski definition) is 2. The van der Waals surface area contributed by atoms with Gasteiger partial charge in [-0.1, -0.05) is 25.1 Å². The zero-order valence-electron chi connectivity index (χ0n) is 11.6. The molecule has 0 saturated carbocycles. The molecule has 2 aromatic rings. The van der Waals surface area contributed by atoms with E-state index in [-0.39, 0.29) is 0 Å². The van der Waals surface area contributed by atoms with Gasteiger partial charge >= 0.3 is 0 Å². The summed E-state index contributed by atoms with van der Waals surface area (Å²) in [5.41, 5.74) is 5.46. The number of benzene rings is 1. The predicted molar refractivity (Wildman–Crippen MR) is 80.5 cm³/mol. The molecule has 2 heteroatoms. The lowest BCUT2D eigenvalue weighted by Crippen LogP contribution is -2.21. The summed E-state index contributed by atoms with van der Waals surface area (Å²) < 4.78 is 0. The molecule has 0 saturated heterocycles. The molecule has 96 valence electrons. The first-order chi connectivity index (χ1) is 8.61. The van der Waals surface area contributed by atoms with Crippen LogP contribution in [0.4, 0.5) is 0 Å². The summed E-state index contributed by atoms with van der Waals surface area (Å²) >= 11 is 1.82. The third-order valence-corrected chi connectivity index (χ3v) is 4.24. The van der Waals surface area contributed by atoms with Crippen LogP contribution in [0.15, 0.2) is 29.6 Å². The fourth-order valence-electron chi connectivity index (χ4n) is 2.19. The van der Waals surface area contributed by atoms with E-state index in [9.17, 15) is 0 Å². The average Bonchev–Trinajstić information content (AvgIpc) is 2.76. The molecule has 1 aromatic heterocycles. The Kier molecular flexibility index (Phi) is 4.20. The molecule has 1 aromatic carbocycles. The SMILES string of the molecule is CCNC(c1csc(C)c1)c1ccc(C)c(C)c1. The zero-order chi connectivity index (χ0) is 13.1. The second-order valence-electron chi connectivity index (χ2n) is 4.83. The number of hydrogen-bond donors (Lipinski definition) is 1. The second kappa shape index (κ2) is 5.68. The summed E-state index contributed by atoms with van der Waals surface area (Å²) in [7, 11) is 0. The first-order valence-electron chi connectivity index (χ1n) is 6.47. The van der Waals surface area contributed by atoms with Gasteiger partial charge in [0.2, 0.25) is 0 Å². The standard InChI is InChI=1S/C16H21NS/c1-5-17-16(15-9-13(4)18-10-15)14-7-6-11(2)12(3)8-14/h6-10,16-17H,5H2,1-4H3. The Morgan fingerprint density at radius 2 is 1.83 bits per heavy atom. The van der Waals surface area contributed by atoms with Crippen molar-refractivity contribution in [2.45, 2.75) is 33.7 Å². The lowest BCUT2D eigenvalue weighted by molar-refractivity contribution is 0.632. The molecule has 1 heterocycles. The van der Waals surface area contributed by atoms with E-state index in [4.69, 9.17) is 0 Å². The van der Waals surface area contributed by atoms with Crippen LogP contribution in [-0.2, 0) is 0 Å². The normalized spacial score (nSPS) is 12.7. The van der Waals surface area contributed by atoms with Gasteiger partial charge in [0.1, 0.15) is 0 Å². The highest BCUT2D eigenvalue weighted by molar-refractivity contribution is 7.10. The van der Waals surface area contributed by atoms with E-state index < -0.39 is 0 Å². The van der Waals surface area contributed by atoms with Gasteiger partial charge in [0.25, 0.3) is 0 Å². The predicted octanol–water partition coefficient (Wildman–Crippen LogP) is 4.37. The summed E-state index contributed by atoms with van der Waals surface area (Å²) in [4.78, 5) is 1.37. The van der Waals surface area contributed by atoms with Crippen LogP contribution in [0.1, 0.15) is 40.1 Å². The molecule has 0 aliphatic rings. The Bertz CT molecular complexity index is 528. The van der Waals surface area contributed by atoms with Crippen molar-refractivity contribution in [3.05, 3.63) is 56.8 Å². The summed E-state index contributed by atoms with van der Waals surface area (Å²) in [6.07, 6.45) is 0. The van der Waals surface area contributed by atoms with Crippen LogP contribution in [0.5, 0.6) is 0 Å². The van der Waals surface area contributed by atoms with Crippen molar-refractivity contribution in [2.24, 2.45) is 0 Å². The number of thiophene rings is 1.